The minimum Gasteiger partial charge on any atom is -0.383 e. The third-order valence-corrected chi connectivity index (χ3v) is 3.71. The summed E-state index contributed by atoms with van der Waals surface area (Å²) in [6.45, 7) is 13.2. The average molecular weight is 258 g/mol. The van der Waals surface area contributed by atoms with Gasteiger partial charge in [0.05, 0.1) is 6.61 Å². The van der Waals surface area contributed by atoms with Gasteiger partial charge in [-0.3, -0.25) is 4.90 Å². The van der Waals surface area contributed by atoms with Crippen molar-refractivity contribution in [2.24, 2.45) is 0 Å². The molecule has 0 aromatic carbocycles. The van der Waals surface area contributed by atoms with Gasteiger partial charge in [-0.25, -0.2) is 0 Å². The maximum atomic E-state index is 5.27. The van der Waals surface area contributed by atoms with Crippen LogP contribution in [-0.4, -0.2) is 50.3 Å². The quantitative estimate of drug-likeness (QED) is 0.545. The molecule has 0 fully saturated rings. The van der Waals surface area contributed by atoms with Crippen LogP contribution in [0.4, 0.5) is 0 Å². The molecule has 0 saturated carbocycles. The molecule has 0 aromatic rings. The average Bonchev–Trinajstić information content (AvgIpc) is 2.40. The highest BCUT2D eigenvalue weighted by atomic mass is 16.5. The zero-order valence-corrected chi connectivity index (χ0v) is 13.2. The smallest absolute Gasteiger partial charge is 0.0589 e. The third kappa shape index (κ3) is 6.72. The van der Waals surface area contributed by atoms with Crippen LogP contribution in [0.5, 0.6) is 0 Å². The monoisotopic (exact) mass is 258 g/mol. The molecule has 0 spiro atoms. The molecule has 0 amide bonds. The summed E-state index contributed by atoms with van der Waals surface area (Å²) in [6, 6.07) is 1.32. The second-order valence-corrected chi connectivity index (χ2v) is 4.97. The van der Waals surface area contributed by atoms with Crippen LogP contribution in [0.15, 0.2) is 0 Å². The fraction of sp³-hybridized carbons (Fsp3) is 1.00. The van der Waals surface area contributed by atoms with Crippen molar-refractivity contribution in [2.45, 2.75) is 65.5 Å². The third-order valence-electron chi connectivity index (χ3n) is 3.71. The van der Waals surface area contributed by atoms with Gasteiger partial charge in [0.1, 0.15) is 0 Å². The Balaban J connectivity index is 4.44. The number of ether oxygens (including phenoxy) is 1. The van der Waals surface area contributed by atoms with E-state index in [1.54, 1.807) is 7.11 Å². The highest BCUT2D eigenvalue weighted by Crippen LogP contribution is 2.14. The first-order valence-electron chi connectivity index (χ1n) is 7.70. The van der Waals surface area contributed by atoms with Gasteiger partial charge in [-0.15, -0.1) is 0 Å². The fourth-order valence-electron chi connectivity index (χ4n) is 2.56. The van der Waals surface area contributed by atoms with E-state index in [1.807, 2.05) is 0 Å². The molecule has 0 aliphatic heterocycles. The predicted molar refractivity (Wildman–Crippen MR) is 80.2 cm³/mol. The Morgan fingerprint density at radius 3 is 2.06 bits per heavy atom. The minimum atomic E-state index is 0.636. The predicted octanol–water partition coefficient (Wildman–Crippen LogP) is 2.90. The van der Waals surface area contributed by atoms with Gasteiger partial charge in [-0.05, 0) is 32.2 Å². The summed E-state index contributed by atoms with van der Waals surface area (Å²) in [7, 11) is 1.79. The SMILES string of the molecule is CCCNCC(CC)N(CCOC)C(CC)CC. The van der Waals surface area contributed by atoms with E-state index in [2.05, 4.69) is 37.9 Å². The van der Waals surface area contributed by atoms with E-state index in [4.69, 9.17) is 4.74 Å². The molecule has 18 heavy (non-hydrogen) atoms. The Labute approximate surface area is 114 Å². The second-order valence-electron chi connectivity index (χ2n) is 4.97. The molecular weight excluding hydrogens is 224 g/mol. The maximum Gasteiger partial charge on any atom is 0.0589 e. The lowest BCUT2D eigenvalue weighted by Crippen LogP contribution is -2.48. The van der Waals surface area contributed by atoms with Crippen molar-refractivity contribution in [1.29, 1.82) is 0 Å². The van der Waals surface area contributed by atoms with Crippen molar-refractivity contribution in [2.75, 3.05) is 33.4 Å². The normalized spacial score (nSPS) is 13.5. The van der Waals surface area contributed by atoms with Crippen LogP contribution in [0.3, 0.4) is 0 Å². The van der Waals surface area contributed by atoms with Crippen LogP contribution in [0, 0.1) is 0 Å². The van der Waals surface area contributed by atoms with Crippen LogP contribution in [-0.2, 0) is 4.74 Å². The first kappa shape index (κ1) is 17.9. The van der Waals surface area contributed by atoms with Crippen LogP contribution in [0.25, 0.3) is 0 Å². The van der Waals surface area contributed by atoms with Gasteiger partial charge in [-0.2, -0.15) is 0 Å². The van der Waals surface area contributed by atoms with Gasteiger partial charge in [0, 0.05) is 32.3 Å². The van der Waals surface area contributed by atoms with E-state index < -0.39 is 0 Å². The van der Waals surface area contributed by atoms with Gasteiger partial charge >= 0.3 is 0 Å². The Kier molecular flexibility index (Phi) is 11.9. The van der Waals surface area contributed by atoms with Crippen molar-refractivity contribution < 1.29 is 4.74 Å². The molecule has 1 N–H and O–H groups in total. The Morgan fingerprint density at radius 2 is 1.61 bits per heavy atom. The van der Waals surface area contributed by atoms with E-state index in [0.29, 0.717) is 12.1 Å². The Morgan fingerprint density at radius 1 is 1.00 bits per heavy atom. The number of rotatable bonds is 12. The van der Waals surface area contributed by atoms with Gasteiger partial charge < -0.3 is 10.1 Å². The topological polar surface area (TPSA) is 24.5 Å². The lowest BCUT2D eigenvalue weighted by Gasteiger charge is -2.37. The lowest BCUT2D eigenvalue weighted by molar-refractivity contribution is 0.0770. The number of nitrogens with one attached hydrogen (secondary N) is 1. The highest BCUT2D eigenvalue weighted by molar-refractivity contribution is 4.79. The van der Waals surface area contributed by atoms with Gasteiger partial charge in [0.15, 0.2) is 0 Å². The van der Waals surface area contributed by atoms with Crippen LogP contribution >= 0.6 is 0 Å². The van der Waals surface area contributed by atoms with Gasteiger partial charge in [-0.1, -0.05) is 27.7 Å². The molecule has 1 atom stereocenters. The standard InChI is InChI=1S/C15H34N2O/c1-6-10-16-13-15(9-4)17(11-12-18-5)14(7-2)8-3/h14-16H,6-13H2,1-5H3. The summed E-state index contributed by atoms with van der Waals surface area (Å²) < 4.78 is 5.27. The minimum absolute atomic E-state index is 0.636. The second kappa shape index (κ2) is 11.9. The van der Waals surface area contributed by atoms with Crippen LogP contribution in [0.1, 0.15) is 53.4 Å². The summed E-state index contributed by atoms with van der Waals surface area (Å²) in [5.41, 5.74) is 0. The first-order valence-corrected chi connectivity index (χ1v) is 7.70. The van der Waals surface area contributed by atoms with Gasteiger partial charge in [0.2, 0.25) is 0 Å². The van der Waals surface area contributed by atoms with E-state index in [9.17, 15) is 0 Å². The summed E-state index contributed by atoms with van der Waals surface area (Å²) in [6.07, 6.45) is 4.87. The van der Waals surface area contributed by atoms with E-state index >= 15 is 0 Å². The van der Waals surface area contributed by atoms with Crippen LogP contribution in [0.2, 0.25) is 0 Å². The van der Waals surface area contributed by atoms with Crippen molar-refractivity contribution in [1.82, 2.24) is 10.2 Å². The summed E-state index contributed by atoms with van der Waals surface area (Å²) in [5, 5.41) is 3.56. The van der Waals surface area contributed by atoms with Crippen molar-refractivity contribution in [3.63, 3.8) is 0 Å². The highest BCUT2D eigenvalue weighted by Gasteiger charge is 2.22. The molecule has 0 saturated heterocycles. The lowest BCUT2D eigenvalue weighted by atomic mass is 10.1. The molecule has 0 heterocycles. The Hall–Kier alpha value is -0.120. The summed E-state index contributed by atoms with van der Waals surface area (Å²) >= 11 is 0. The zero-order chi connectivity index (χ0) is 13.8. The molecule has 3 nitrogen and oxygen atoms in total. The number of nitrogens with zero attached hydrogens (tertiary/aromatic N) is 1. The number of hydrogen-bond donors (Lipinski definition) is 1. The van der Waals surface area contributed by atoms with E-state index in [0.717, 1.165) is 26.2 Å². The van der Waals surface area contributed by atoms with E-state index in [1.165, 1.54) is 25.7 Å². The van der Waals surface area contributed by atoms with Crippen molar-refractivity contribution in [3.05, 3.63) is 0 Å². The maximum absolute atomic E-state index is 5.27. The fourth-order valence-corrected chi connectivity index (χ4v) is 2.56. The number of hydrogen-bond acceptors (Lipinski definition) is 3. The molecule has 0 radical (unpaired) electrons. The first-order chi connectivity index (χ1) is 8.74. The Bertz CT molecular complexity index is 172. The van der Waals surface area contributed by atoms with Crippen LogP contribution < -0.4 is 5.32 Å². The number of methoxy groups -OCH3 is 1. The molecule has 0 bridgehead atoms. The molecule has 0 rings (SSSR count). The molecule has 3 heteroatoms. The molecule has 110 valence electrons. The van der Waals surface area contributed by atoms with Crippen molar-refractivity contribution >= 4 is 0 Å². The molecule has 0 aromatic heterocycles. The summed E-state index contributed by atoms with van der Waals surface area (Å²) in [4.78, 5) is 2.64. The molecule has 1 unspecified atom stereocenters. The van der Waals surface area contributed by atoms with Crippen molar-refractivity contribution in [3.8, 4) is 0 Å². The molecule has 0 aliphatic carbocycles. The van der Waals surface area contributed by atoms with Gasteiger partial charge in [0.25, 0.3) is 0 Å². The van der Waals surface area contributed by atoms with E-state index in [-0.39, 0.29) is 0 Å². The molecule has 0 aliphatic rings. The summed E-state index contributed by atoms with van der Waals surface area (Å²) in [5.74, 6) is 0. The largest absolute Gasteiger partial charge is 0.383 e. The zero-order valence-electron chi connectivity index (χ0n) is 13.2. The molecular formula is C15H34N2O.